The minimum absolute atomic E-state index is 0.0800. The van der Waals surface area contributed by atoms with Crippen LogP contribution >= 0.6 is 0 Å². The standard InChI is InChI=1S/C10H18O2/c1-5-8-6(4-7(8)11)9(5)10(2,3)12/h5-9,11-12H,4H2,1-3H3. The van der Waals surface area contributed by atoms with E-state index in [9.17, 15) is 10.2 Å². The molecule has 70 valence electrons. The van der Waals surface area contributed by atoms with Crippen molar-refractivity contribution in [1.82, 2.24) is 0 Å². The highest BCUT2D eigenvalue weighted by atomic mass is 16.3. The van der Waals surface area contributed by atoms with E-state index in [2.05, 4.69) is 6.92 Å². The van der Waals surface area contributed by atoms with Gasteiger partial charge in [0.25, 0.3) is 0 Å². The van der Waals surface area contributed by atoms with Gasteiger partial charge in [0.2, 0.25) is 0 Å². The SMILES string of the molecule is CC1C2C(O)CC2C1C(C)(C)O. The number of rotatable bonds is 1. The van der Waals surface area contributed by atoms with E-state index in [1.807, 2.05) is 13.8 Å². The molecule has 5 unspecified atom stereocenters. The molecule has 0 aromatic rings. The fourth-order valence-electron chi connectivity index (χ4n) is 3.46. The van der Waals surface area contributed by atoms with Gasteiger partial charge in [-0.15, -0.1) is 0 Å². The highest BCUT2D eigenvalue weighted by Gasteiger charge is 2.61. The average Bonchev–Trinajstić information content (AvgIpc) is 1.81. The first-order valence-corrected chi connectivity index (χ1v) is 4.83. The summed E-state index contributed by atoms with van der Waals surface area (Å²) in [6, 6.07) is 0. The third-order valence-electron chi connectivity index (χ3n) is 3.90. The molecular weight excluding hydrogens is 152 g/mol. The van der Waals surface area contributed by atoms with Gasteiger partial charge in [0.05, 0.1) is 11.7 Å². The number of fused-ring (bicyclic) bond motifs is 1. The van der Waals surface area contributed by atoms with E-state index < -0.39 is 5.60 Å². The largest absolute Gasteiger partial charge is 0.393 e. The van der Waals surface area contributed by atoms with Crippen molar-refractivity contribution in [3.8, 4) is 0 Å². The minimum atomic E-state index is -0.555. The summed E-state index contributed by atoms with van der Waals surface area (Å²) in [4.78, 5) is 0. The van der Waals surface area contributed by atoms with Crippen LogP contribution in [-0.4, -0.2) is 21.9 Å². The summed E-state index contributed by atoms with van der Waals surface area (Å²) < 4.78 is 0. The smallest absolute Gasteiger partial charge is 0.0625 e. The van der Waals surface area contributed by atoms with E-state index in [0.717, 1.165) is 6.42 Å². The summed E-state index contributed by atoms with van der Waals surface area (Å²) in [7, 11) is 0. The van der Waals surface area contributed by atoms with E-state index in [1.54, 1.807) is 0 Å². The average molecular weight is 170 g/mol. The minimum Gasteiger partial charge on any atom is -0.393 e. The Balaban J connectivity index is 2.05. The first-order valence-electron chi connectivity index (χ1n) is 4.83. The Hall–Kier alpha value is -0.0800. The molecule has 2 nitrogen and oxygen atoms in total. The fourth-order valence-corrected chi connectivity index (χ4v) is 3.46. The molecule has 2 rings (SSSR count). The van der Waals surface area contributed by atoms with Gasteiger partial charge in [0.15, 0.2) is 0 Å². The Bertz CT molecular complexity index is 189. The van der Waals surface area contributed by atoms with Crippen LogP contribution in [0.25, 0.3) is 0 Å². The molecule has 0 amide bonds. The third kappa shape index (κ3) is 0.882. The second kappa shape index (κ2) is 2.24. The zero-order valence-electron chi connectivity index (χ0n) is 7.99. The van der Waals surface area contributed by atoms with Gasteiger partial charge in [0, 0.05) is 0 Å². The maximum atomic E-state index is 9.83. The zero-order valence-corrected chi connectivity index (χ0v) is 7.99. The van der Waals surface area contributed by atoms with Crippen molar-refractivity contribution < 1.29 is 10.2 Å². The Labute approximate surface area is 73.6 Å². The maximum Gasteiger partial charge on any atom is 0.0625 e. The summed E-state index contributed by atoms with van der Waals surface area (Å²) in [6.45, 7) is 5.91. The molecule has 2 aliphatic carbocycles. The predicted octanol–water partition coefficient (Wildman–Crippen LogP) is 1.02. The summed E-state index contributed by atoms with van der Waals surface area (Å²) in [6.07, 6.45) is 0.826. The van der Waals surface area contributed by atoms with Crippen LogP contribution in [0.2, 0.25) is 0 Å². The monoisotopic (exact) mass is 170 g/mol. The number of hydrogen-bond donors (Lipinski definition) is 2. The third-order valence-corrected chi connectivity index (χ3v) is 3.90. The molecule has 0 spiro atoms. The second-order valence-electron chi connectivity index (χ2n) is 5.08. The number of aliphatic hydroxyl groups is 2. The predicted molar refractivity (Wildman–Crippen MR) is 46.6 cm³/mol. The second-order valence-corrected chi connectivity index (χ2v) is 5.08. The molecule has 2 aliphatic rings. The first-order chi connectivity index (χ1) is 5.43. The highest BCUT2D eigenvalue weighted by Crippen LogP contribution is 2.61. The molecule has 12 heavy (non-hydrogen) atoms. The molecular formula is C10H18O2. The lowest BCUT2D eigenvalue weighted by Gasteiger charge is -2.64. The van der Waals surface area contributed by atoms with Crippen molar-refractivity contribution in [3.05, 3.63) is 0 Å². The van der Waals surface area contributed by atoms with Crippen molar-refractivity contribution >= 4 is 0 Å². The lowest BCUT2D eigenvalue weighted by molar-refractivity contribution is -0.233. The Morgan fingerprint density at radius 2 is 1.92 bits per heavy atom. The van der Waals surface area contributed by atoms with Gasteiger partial charge in [-0.1, -0.05) is 6.92 Å². The van der Waals surface area contributed by atoms with Gasteiger partial charge >= 0.3 is 0 Å². The zero-order chi connectivity index (χ0) is 9.09. The number of aliphatic hydroxyl groups excluding tert-OH is 1. The molecule has 2 fully saturated rings. The van der Waals surface area contributed by atoms with Crippen molar-refractivity contribution in [2.45, 2.75) is 38.9 Å². The molecule has 0 bridgehead atoms. The lowest BCUT2D eigenvalue weighted by Crippen LogP contribution is -2.65. The van der Waals surface area contributed by atoms with Crippen molar-refractivity contribution in [2.75, 3.05) is 0 Å². The normalized spacial score (nSPS) is 52.2. The van der Waals surface area contributed by atoms with Crippen LogP contribution in [0.15, 0.2) is 0 Å². The van der Waals surface area contributed by atoms with Gasteiger partial charge in [-0.2, -0.15) is 0 Å². The molecule has 0 radical (unpaired) electrons. The van der Waals surface area contributed by atoms with Crippen LogP contribution in [0.3, 0.4) is 0 Å². The van der Waals surface area contributed by atoms with E-state index in [1.165, 1.54) is 0 Å². The summed E-state index contributed by atoms with van der Waals surface area (Å²) in [5, 5.41) is 19.2. The van der Waals surface area contributed by atoms with Crippen LogP contribution in [0.4, 0.5) is 0 Å². The topological polar surface area (TPSA) is 40.5 Å². The lowest BCUT2D eigenvalue weighted by atomic mass is 9.43. The van der Waals surface area contributed by atoms with Crippen LogP contribution in [0.5, 0.6) is 0 Å². The summed E-state index contributed by atoms with van der Waals surface area (Å²) in [5.41, 5.74) is -0.555. The number of hydrogen-bond acceptors (Lipinski definition) is 2. The molecule has 2 N–H and O–H groups in total. The van der Waals surface area contributed by atoms with Gasteiger partial charge in [-0.25, -0.2) is 0 Å². The fraction of sp³-hybridized carbons (Fsp3) is 1.00. The van der Waals surface area contributed by atoms with Crippen LogP contribution in [0.1, 0.15) is 27.2 Å². The molecule has 5 atom stereocenters. The Morgan fingerprint density at radius 3 is 2.25 bits per heavy atom. The van der Waals surface area contributed by atoms with Crippen LogP contribution in [-0.2, 0) is 0 Å². The molecule has 0 aromatic heterocycles. The van der Waals surface area contributed by atoms with Gasteiger partial charge in [-0.3, -0.25) is 0 Å². The molecule has 0 saturated heterocycles. The van der Waals surface area contributed by atoms with E-state index >= 15 is 0 Å². The van der Waals surface area contributed by atoms with E-state index in [-0.39, 0.29) is 6.10 Å². The van der Waals surface area contributed by atoms with Crippen molar-refractivity contribution in [1.29, 1.82) is 0 Å². The van der Waals surface area contributed by atoms with Crippen molar-refractivity contribution in [2.24, 2.45) is 23.7 Å². The van der Waals surface area contributed by atoms with Gasteiger partial charge < -0.3 is 10.2 Å². The molecule has 2 saturated carbocycles. The van der Waals surface area contributed by atoms with Crippen LogP contribution in [0, 0.1) is 23.7 Å². The van der Waals surface area contributed by atoms with Crippen LogP contribution < -0.4 is 0 Å². The maximum absolute atomic E-state index is 9.83. The van der Waals surface area contributed by atoms with Gasteiger partial charge in [-0.05, 0) is 43.9 Å². The Morgan fingerprint density at radius 1 is 1.33 bits per heavy atom. The quantitative estimate of drug-likeness (QED) is 0.617. The molecule has 0 heterocycles. The highest BCUT2D eigenvalue weighted by molar-refractivity contribution is 5.10. The summed E-state index contributed by atoms with van der Waals surface area (Å²) in [5.74, 6) is 1.99. The van der Waals surface area contributed by atoms with Gasteiger partial charge in [0.1, 0.15) is 0 Å². The first kappa shape index (κ1) is 8.52. The van der Waals surface area contributed by atoms with E-state index in [4.69, 9.17) is 0 Å². The summed E-state index contributed by atoms with van der Waals surface area (Å²) >= 11 is 0. The van der Waals surface area contributed by atoms with E-state index in [0.29, 0.717) is 23.7 Å². The van der Waals surface area contributed by atoms with Crippen molar-refractivity contribution in [3.63, 3.8) is 0 Å². The molecule has 2 heteroatoms. The molecule has 0 aliphatic heterocycles. The Kier molecular flexibility index (Phi) is 1.59. The molecule has 0 aromatic carbocycles.